The van der Waals surface area contributed by atoms with Gasteiger partial charge in [0.1, 0.15) is 5.54 Å². The third-order valence-corrected chi connectivity index (χ3v) is 8.20. The average Bonchev–Trinajstić information content (AvgIpc) is 2.90. The summed E-state index contributed by atoms with van der Waals surface area (Å²) in [6.45, 7) is 3.85. The van der Waals surface area contributed by atoms with E-state index >= 15 is 0 Å². The van der Waals surface area contributed by atoms with Crippen LogP contribution in [0.3, 0.4) is 0 Å². The molecule has 0 heterocycles. The van der Waals surface area contributed by atoms with Crippen molar-refractivity contribution in [2.75, 3.05) is 17.7 Å². The van der Waals surface area contributed by atoms with Gasteiger partial charge in [0, 0.05) is 18.5 Å². The van der Waals surface area contributed by atoms with Crippen LogP contribution in [0.2, 0.25) is 0 Å². The Morgan fingerprint density at radius 1 is 0.771 bits per heavy atom. The molecular formula is C31H32N2OS. The second-order valence-corrected chi connectivity index (χ2v) is 10.4. The van der Waals surface area contributed by atoms with Gasteiger partial charge in [0.25, 0.3) is 0 Å². The van der Waals surface area contributed by atoms with Crippen LogP contribution in [0.4, 0.5) is 5.69 Å². The summed E-state index contributed by atoms with van der Waals surface area (Å²) in [7, 11) is 1.80. The van der Waals surface area contributed by atoms with E-state index in [4.69, 9.17) is 5.73 Å². The van der Waals surface area contributed by atoms with Gasteiger partial charge in [0.2, 0.25) is 5.91 Å². The first kappa shape index (κ1) is 24.8. The Kier molecular flexibility index (Phi) is 7.44. The number of nitrogens with two attached hydrogens (primary N) is 1. The molecule has 0 spiro atoms. The maximum Gasteiger partial charge on any atom is 0.247 e. The zero-order valence-corrected chi connectivity index (χ0v) is 21.3. The highest BCUT2D eigenvalue weighted by Gasteiger charge is 2.41. The van der Waals surface area contributed by atoms with Crippen LogP contribution < -0.4 is 10.6 Å². The van der Waals surface area contributed by atoms with Crippen molar-refractivity contribution < 1.29 is 4.79 Å². The summed E-state index contributed by atoms with van der Waals surface area (Å²) in [6, 6.07) is 39.3. The molecule has 0 bridgehead atoms. The summed E-state index contributed by atoms with van der Waals surface area (Å²) in [5, 5.41) is 0. The van der Waals surface area contributed by atoms with Crippen LogP contribution in [-0.2, 0) is 9.54 Å². The topological polar surface area (TPSA) is 46.3 Å². The number of anilines is 1. The summed E-state index contributed by atoms with van der Waals surface area (Å²) >= 11 is 1.71. The highest BCUT2D eigenvalue weighted by atomic mass is 32.2. The molecule has 0 saturated carbocycles. The molecule has 1 amide bonds. The number of carbonyl (C=O) groups is 1. The molecule has 4 heteroatoms. The van der Waals surface area contributed by atoms with Crippen LogP contribution in [0.5, 0.6) is 0 Å². The summed E-state index contributed by atoms with van der Waals surface area (Å²) < 4.78 is -0.521. The quantitative estimate of drug-likeness (QED) is 0.297. The van der Waals surface area contributed by atoms with Gasteiger partial charge in [-0.05, 0) is 48.2 Å². The lowest BCUT2D eigenvalue weighted by Crippen LogP contribution is -2.55. The number of aryl methyl sites for hydroxylation is 1. The number of amides is 1. The second kappa shape index (κ2) is 10.5. The normalized spacial score (nSPS) is 13.1. The van der Waals surface area contributed by atoms with Gasteiger partial charge < -0.3 is 10.6 Å². The van der Waals surface area contributed by atoms with Crippen molar-refractivity contribution in [2.24, 2.45) is 5.73 Å². The minimum atomic E-state index is -1.08. The van der Waals surface area contributed by atoms with Gasteiger partial charge >= 0.3 is 0 Å². The first-order valence-corrected chi connectivity index (χ1v) is 12.8. The Morgan fingerprint density at radius 3 is 1.66 bits per heavy atom. The van der Waals surface area contributed by atoms with E-state index < -0.39 is 10.3 Å². The standard InChI is InChI=1S/C31H32N2OS/c1-24-14-13-21-28(22-24)33(3)29(34)30(2,32)23-35-31(25-15-7-4-8-16-25,26-17-9-5-10-18-26)27-19-11-6-12-20-27/h4-22H,23,32H2,1-3H3/t30-/m1/s1. The van der Waals surface area contributed by atoms with Crippen molar-refractivity contribution in [3.63, 3.8) is 0 Å². The van der Waals surface area contributed by atoms with E-state index in [0.29, 0.717) is 5.75 Å². The predicted octanol–water partition coefficient (Wildman–Crippen LogP) is 6.40. The third-order valence-electron chi connectivity index (χ3n) is 6.31. The van der Waals surface area contributed by atoms with Gasteiger partial charge in [-0.2, -0.15) is 0 Å². The fourth-order valence-corrected chi connectivity index (χ4v) is 5.97. The molecule has 35 heavy (non-hydrogen) atoms. The molecule has 4 aromatic rings. The van der Waals surface area contributed by atoms with Crippen molar-refractivity contribution in [2.45, 2.75) is 24.1 Å². The van der Waals surface area contributed by atoms with Gasteiger partial charge in [-0.3, -0.25) is 4.79 Å². The molecule has 2 N–H and O–H groups in total. The summed E-state index contributed by atoms with van der Waals surface area (Å²) in [5.41, 5.74) is 11.1. The summed E-state index contributed by atoms with van der Waals surface area (Å²) in [5.74, 6) is 0.319. The molecule has 4 aromatic carbocycles. The van der Waals surface area contributed by atoms with E-state index in [1.54, 1.807) is 23.7 Å². The lowest BCUT2D eigenvalue weighted by molar-refractivity contribution is -0.122. The molecule has 0 aliphatic heterocycles. The maximum absolute atomic E-state index is 13.6. The van der Waals surface area contributed by atoms with E-state index in [2.05, 4.69) is 72.8 Å². The van der Waals surface area contributed by atoms with Crippen LogP contribution >= 0.6 is 11.8 Å². The van der Waals surface area contributed by atoms with Crippen molar-refractivity contribution in [3.05, 3.63) is 138 Å². The predicted molar refractivity (Wildman–Crippen MR) is 149 cm³/mol. The Morgan fingerprint density at radius 2 is 1.23 bits per heavy atom. The minimum absolute atomic E-state index is 0.112. The lowest BCUT2D eigenvalue weighted by Gasteiger charge is -2.38. The fraction of sp³-hybridized carbons (Fsp3) is 0.194. The molecule has 4 rings (SSSR count). The number of benzene rings is 4. The van der Waals surface area contributed by atoms with Gasteiger partial charge in [-0.1, -0.05) is 103 Å². The number of rotatable bonds is 8. The first-order chi connectivity index (χ1) is 16.8. The molecule has 0 unspecified atom stereocenters. The van der Waals surface area contributed by atoms with Crippen LogP contribution in [0.25, 0.3) is 0 Å². The molecule has 0 aliphatic carbocycles. The highest BCUT2D eigenvalue weighted by Crippen LogP contribution is 2.49. The third kappa shape index (κ3) is 5.19. The molecule has 0 radical (unpaired) electrons. The van der Waals surface area contributed by atoms with E-state index in [1.807, 2.05) is 56.3 Å². The summed E-state index contributed by atoms with van der Waals surface area (Å²) in [4.78, 5) is 15.3. The van der Waals surface area contributed by atoms with Crippen LogP contribution in [0.15, 0.2) is 115 Å². The molecule has 0 fully saturated rings. The Balaban J connectivity index is 1.74. The van der Waals surface area contributed by atoms with E-state index in [0.717, 1.165) is 27.9 Å². The van der Waals surface area contributed by atoms with Crippen LogP contribution in [-0.4, -0.2) is 24.2 Å². The van der Waals surface area contributed by atoms with Gasteiger partial charge in [-0.25, -0.2) is 0 Å². The second-order valence-electron chi connectivity index (χ2n) is 9.19. The summed E-state index contributed by atoms with van der Waals surface area (Å²) in [6.07, 6.45) is 0. The number of thioether (sulfide) groups is 1. The Hall–Kier alpha value is -3.34. The average molecular weight is 481 g/mol. The first-order valence-electron chi connectivity index (χ1n) is 11.8. The van der Waals surface area contributed by atoms with Gasteiger partial charge in [-0.15, -0.1) is 11.8 Å². The fourth-order valence-electron chi connectivity index (χ4n) is 4.43. The monoisotopic (exact) mass is 480 g/mol. The molecule has 178 valence electrons. The minimum Gasteiger partial charge on any atom is -0.317 e. The Labute approximate surface area is 213 Å². The van der Waals surface area contributed by atoms with Gasteiger partial charge in [0.05, 0.1) is 4.75 Å². The maximum atomic E-state index is 13.6. The van der Waals surface area contributed by atoms with Gasteiger partial charge in [0.15, 0.2) is 0 Å². The zero-order chi connectivity index (χ0) is 24.9. The van der Waals surface area contributed by atoms with Crippen LogP contribution in [0, 0.1) is 6.92 Å². The highest BCUT2D eigenvalue weighted by molar-refractivity contribution is 8.00. The lowest BCUT2D eigenvalue weighted by atomic mass is 9.84. The molecule has 1 atom stereocenters. The number of nitrogens with zero attached hydrogens (tertiary/aromatic N) is 1. The van der Waals surface area contributed by atoms with Crippen molar-refractivity contribution in [1.82, 2.24) is 0 Å². The Bertz CT molecular complexity index is 1160. The molecular weight excluding hydrogens is 448 g/mol. The number of hydrogen-bond donors (Lipinski definition) is 1. The van der Waals surface area contributed by atoms with Crippen molar-refractivity contribution in [3.8, 4) is 0 Å². The SMILES string of the molecule is Cc1cccc(N(C)C(=O)[C@](C)(N)CSC(c2ccccc2)(c2ccccc2)c2ccccc2)c1. The molecule has 0 saturated heterocycles. The number of carbonyl (C=O) groups excluding carboxylic acids is 1. The smallest absolute Gasteiger partial charge is 0.247 e. The van der Waals surface area contributed by atoms with E-state index in [1.165, 1.54) is 0 Å². The molecule has 3 nitrogen and oxygen atoms in total. The van der Waals surface area contributed by atoms with Crippen LogP contribution in [0.1, 0.15) is 29.2 Å². The largest absolute Gasteiger partial charge is 0.317 e. The van der Waals surface area contributed by atoms with Crippen molar-refractivity contribution >= 4 is 23.4 Å². The van der Waals surface area contributed by atoms with E-state index in [9.17, 15) is 4.79 Å². The molecule has 0 aromatic heterocycles. The zero-order valence-electron chi connectivity index (χ0n) is 20.5. The van der Waals surface area contributed by atoms with E-state index in [-0.39, 0.29) is 5.91 Å². The number of likely N-dealkylation sites (N-methyl/N-ethyl adjacent to an activating group) is 1. The molecule has 0 aliphatic rings. The number of hydrogen-bond acceptors (Lipinski definition) is 3. The van der Waals surface area contributed by atoms with Crippen molar-refractivity contribution in [1.29, 1.82) is 0 Å².